The Labute approximate surface area is 69.0 Å². The molecule has 0 aliphatic carbocycles. The fraction of sp³-hybridized carbons (Fsp3) is 0. The van der Waals surface area contributed by atoms with Crippen molar-refractivity contribution in [3.05, 3.63) is 0 Å². The maximum atomic E-state index is 8.74. The van der Waals surface area contributed by atoms with Gasteiger partial charge in [0, 0.05) is 6.15 Å². The van der Waals surface area contributed by atoms with Crippen molar-refractivity contribution in [3.63, 3.8) is 0 Å². The molecule has 0 rings (SSSR count). The molecule has 0 saturated carbocycles. The van der Waals surface area contributed by atoms with Crippen LogP contribution in [0.1, 0.15) is 0 Å². The van der Waals surface area contributed by atoms with E-state index in [4.69, 9.17) is 17.5 Å². The van der Waals surface area contributed by atoms with Gasteiger partial charge in [0.15, 0.2) is 0 Å². The number of rotatable bonds is 0. The van der Waals surface area contributed by atoms with Gasteiger partial charge in [0.2, 0.25) is 0 Å². The van der Waals surface area contributed by atoms with E-state index in [-0.39, 0.29) is 41.2 Å². The van der Waals surface area contributed by atoms with Crippen molar-refractivity contribution in [1.82, 2.24) is 6.15 Å². The van der Waals surface area contributed by atoms with Gasteiger partial charge < -0.3 is 5.48 Å². The van der Waals surface area contributed by atoms with Crippen LogP contribution in [0, 0.1) is 0 Å². The Hall–Kier alpha value is 0.790. The summed E-state index contributed by atoms with van der Waals surface area (Å²) in [6.07, 6.45) is 0. The molecule has 4 N–H and O–H groups in total. The zero-order valence-corrected chi connectivity index (χ0v) is 3.88. The Kier molecular flexibility index (Phi) is 22.6. The summed E-state index contributed by atoms with van der Waals surface area (Å²) >= 11 is 0. The molecule has 0 heterocycles. The van der Waals surface area contributed by atoms with Gasteiger partial charge in [0.05, 0.1) is 0 Å². The van der Waals surface area contributed by atoms with Gasteiger partial charge in [-0.15, -0.1) is 0 Å². The Balaban J connectivity index is -0.0000000267. The van der Waals surface area contributed by atoms with Crippen LogP contribution in [-0.2, 0) is 10.4 Å². The summed E-state index contributed by atoms with van der Waals surface area (Å²) in [5.74, 6) is 0. The molecule has 6 nitrogen and oxygen atoms in total. The number of hydrogen-bond acceptors (Lipinski definition) is 2. The molecule has 8 heteroatoms. The summed E-state index contributed by atoms with van der Waals surface area (Å²) in [5, 5.41) is 0. The van der Waals surface area contributed by atoms with Crippen molar-refractivity contribution in [1.29, 1.82) is 0 Å². The van der Waals surface area contributed by atoms with Crippen LogP contribution in [0.25, 0.3) is 0 Å². The third-order valence-electron chi connectivity index (χ3n) is 0. The second kappa shape index (κ2) is 7.79. The Morgan fingerprint density at radius 1 is 1.12 bits per heavy atom. The fourth-order valence-electron chi connectivity index (χ4n) is 0. The average Bonchev–Trinajstić information content (AvgIpc) is 0.722. The fourth-order valence-corrected chi connectivity index (χ4v) is 0. The monoisotopic (exact) mass is 154 g/mol. The zero-order chi connectivity index (χ0) is 4.50. The van der Waals surface area contributed by atoms with Gasteiger partial charge in [0.25, 0.3) is 0 Å². The van der Waals surface area contributed by atoms with E-state index in [1.807, 2.05) is 0 Å². The summed E-state index contributed by atoms with van der Waals surface area (Å²) in [6, 6.07) is 0. The first-order valence-corrected chi connectivity index (χ1v) is 2.10. The third-order valence-corrected chi connectivity index (χ3v) is 0. The molecule has 0 aromatic rings. The number of nitrogens with zero attached hydrogens (tertiary/aromatic N) is 1. The van der Waals surface area contributed by atoms with E-state index in [1.165, 1.54) is 0 Å². The molecule has 47 valence electrons. The van der Waals surface area contributed by atoms with Crippen LogP contribution < -0.4 is 6.15 Å². The van der Waals surface area contributed by atoms with Gasteiger partial charge >= 0.3 is 40.0 Å². The first kappa shape index (κ1) is 23.2. The van der Waals surface area contributed by atoms with Gasteiger partial charge in [-0.1, -0.05) is 0 Å². The minimum absolute atomic E-state index is 0. The molecule has 8 heavy (non-hydrogen) atoms. The minimum atomic E-state index is -4.67. The van der Waals surface area contributed by atoms with Crippen LogP contribution in [-0.4, -0.2) is 52.6 Å². The van der Waals surface area contributed by atoms with Crippen molar-refractivity contribution in [3.8, 4) is 0 Å². The number of hydrogen-bond donors (Lipinski definition) is 2. The molecule has 3 radical (unpaired) electrons. The SMILES string of the molecule is O.O=S(=O)(O)O.[N].[NaH]. The van der Waals surface area contributed by atoms with E-state index >= 15 is 0 Å². The third kappa shape index (κ3) is 365. The molecular weight excluding hydrogens is 149 g/mol. The van der Waals surface area contributed by atoms with Gasteiger partial charge in [-0.3, -0.25) is 9.11 Å². The molecule has 0 spiro atoms. The molecule has 0 bridgehead atoms. The first-order chi connectivity index (χ1) is 2.00. The van der Waals surface area contributed by atoms with E-state index in [2.05, 4.69) is 0 Å². The summed E-state index contributed by atoms with van der Waals surface area (Å²) in [4.78, 5) is 0. The van der Waals surface area contributed by atoms with Crippen molar-refractivity contribution < 1.29 is 23.0 Å². The quantitative estimate of drug-likeness (QED) is 0.291. The van der Waals surface area contributed by atoms with E-state index in [0.29, 0.717) is 0 Å². The van der Waals surface area contributed by atoms with Crippen LogP contribution >= 0.6 is 0 Å². The summed E-state index contributed by atoms with van der Waals surface area (Å²) in [5.41, 5.74) is 0. The predicted octanol–water partition coefficient (Wildman–Crippen LogP) is -2.61. The van der Waals surface area contributed by atoms with Crippen LogP contribution in [0.5, 0.6) is 0 Å². The van der Waals surface area contributed by atoms with Crippen molar-refractivity contribution in [2.45, 2.75) is 0 Å². The van der Waals surface area contributed by atoms with E-state index in [1.54, 1.807) is 0 Å². The molecule has 0 unspecified atom stereocenters. The first-order valence-electron chi connectivity index (χ1n) is 0.698. The van der Waals surface area contributed by atoms with Crippen LogP contribution in [0.3, 0.4) is 0 Å². The second-order valence-electron chi connectivity index (χ2n) is 0.448. The van der Waals surface area contributed by atoms with E-state index in [0.717, 1.165) is 0 Å². The van der Waals surface area contributed by atoms with Gasteiger partial charge in [-0.2, -0.15) is 8.42 Å². The summed E-state index contributed by atoms with van der Waals surface area (Å²) in [7, 11) is -4.67. The topological polar surface area (TPSA) is 137 Å². The summed E-state index contributed by atoms with van der Waals surface area (Å²) < 4.78 is 31.6. The van der Waals surface area contributed by atoms with Crippen LogP contribution in [0.2, 0.25) is 0 Å². The van der Waals surface area contributed by atoms with E-state index < -0.39 is 10.4 Å². The average molecular weight is 154 g/mol. The van der Waals surface area contributed by atoms with Crippen molar-refractivity contribution in [2.24, 2.45) is 0 Å². The van der Waals surface area contributed by atoms with Gasteiger partial charge in [-0.05, 0) is 0 Å². The molecule has 0 amide bonds. The van der Waals surface area contributed by atoms with Crippen LogP contribution in [0.4, 0.5) is 0 Å². The zero-order valence-electron chi connectivity index (χ0n) is 3.07. The Morgan fingerprint density at radius 3 is 1.12 bits per heavy atom. The van der Waals surface area contributed by atoms with Gasteiger partial charge in [-0.25, -0.2) is 0 Å². The summed E-state index contributed by atoms with van der Waals surface area (Å²) in [6.45, 7) is 0. The Morgan fingerprint density at radius 2 is 1.12 bits per heavy atom. The molecule has 0 aliphatic rings. The molecule has 0 aromatic carbocycles. The molecule has 0 fully saturated rings. The van der Waals surface area contributed by atoms with Crippen molar-refractivity contribution in [2.75, 3.05) is 0 Å². The molecule has 0 saturated heterocycles. The van der Waals surface area contributed by atoms with Crippen molar-refractivity contribution >= 4 is 40.0 Å². The normalized spacial score (nSPS) is 7.25. The maximum absolute atomic E-state index is 8.74. The Bertz CT molecular complexity index is 95.6. The van der Waals surface area contributed by atoms with Crippen LogP contribution in [0.15, 0.2) is 0 Å². The van der Waals surface area contributed by atoms with E-state index in [9.17, 15) is 0 Å². The molecule has 0 aliphatic heterocycles. The molecule has 0 aromatic heterocycles. The predicted molar refractivity (Wildman–Crippen MR) is 27.1 cm³/mol. The van der Waals surface area contributed by atoms with Gasteiger partial charge in [0.1, 0.15) is 0 Å². The molecular formula is H5NNaO5S. The second-order valence-corrected chi connectivity index (χ2v) is 1.34. The standard InChI is InChI=1S/N.Na.H2O4S.H2O.H/c;;1-5(2,3)4;;/h;;(H2,1,2,3,4);1H2;. The molecule has 0 atom stereocenters.